The average molecular weight is 250 g/mol. The fourth-order valence-corrected chi connectivity index (χ4v) is 2.50. The Balaban J connectivity index is 2.55. The van der Waals surface area contributed by atoms with Gasteiger partial charge in [0, 0.05) is 19.0 Å². The van der Waals surface area contributed by atoms with Gasteiger partial charge in [-0.2, -0.15) is 5.10 Å². The second-order valence-corrected chi connectivity index (χ2v) is 4.85. The van der Waals surface area contributed by atoms with Gasteiger partial charge in [0.2, 0.25) is 0 Å². The molecule has 0 aromatic carbocycles. The fraction of sp³-hybridized carbons (Fsp3) is 0.615. The van der Waals surface area contributed by atoms with Gasteiger partial charge in [0.05, 0.1) is 6.61 Å². The lowest BCUT2D eigenvalue weighted by atomic mass is 9.78. The van der Waals surface area contributed by atoms with Gasteiger partial charge in [-0.1, -0.05) is 13.8 Å². The van der Waals surface area contributed by atoms with Crippen LogP contribution in [0.2, 0.25) is 0 Å². The van der Waals surface area contributed by atoms with E-state index in [9.17, 15) is 9.59 Å². The molecule has 2 atom stereocenters. The Kier molecular flexibility index (Phi) is 3.24. The number of nitrogens with zero attached hydrogens (tertiary/aromatic N) is 2. The number of fused-ring (bicyclic) bond motifs is 1. The Morgan fingerprint density at radius 1 is 1.50 bits per heavy atom. The standard InChI is InChI=1S/C13H18N2O3/c1-5-18-13(17)11-10-8(3)7(2)6-9(16)12(10)15(4)14-11/h7-8H,5-6H2,1-4H3. The molecule has 0 bridgehead atoms. The van der Waals surface area contributed by atoms with E-state index in [0.717, 1.165) is 5.56 Å². The monoisotopic (exact) mass is 250 g/mol. The number of hydrogen-bond donors (Lipinski definition) is 0. The number of ketones is 1. The summed E-state index contributed by atoms with van der Waals surface area (Å²) in [6.07, 6.45) is 0.510. The van der Waals surface area contributed by atoms with Crippen LogP contribution in [0, 0.1) is 5.92 Å². The van der Waals surface area contributed by atoms with Gasteiger partial charge in [-0.05, 0) is 18.8 Å². The van der Waals surface area contributed by atoms with Crippen molar-refractivity contribution in [3.63, 3.8) is 0 Å². The van der Waals surface area contributed by atoms with Crippen LogP contribution in [0.1, 0.15) is 59.7 Å². The molecule has 0 saturated heterocycles. The minimum atomic E-state index is -0.442. The summed E-state index contributed by atoms with van der Waals surface area (Å²) in [5.74, 6) is -0.0163. The molecule has 0 aliphatic heterocycles. The molecule has 0 saturated carbocycles. The van der Waals surface area contributed by atoms with Gasteiger partial charge in [-0.15, -0.1) is 0 Å². The van der Waals surface area contributed by atoms with Crippen LogP contribution < -0.4 is 0 Å². The predicted octanol–water partition coefficient (Wildman–Crippen LogP) is 1.92. The Morgan fingerprint density at radius 3 is 2.78 bits per heavy atom. The summed E-state index contributed by atoms with van der Waals surface area (Å²) >= 11 is 0. The summed E-state index contributed by atoms with van der Waals surface area (Å²) in [6.45, 7) is 6.11. The van der Waals surface area contributed by atoms with Crippen LogP contribution in [0.15, 0.2) is 0 Å². The molecule has 2 unspecified atom stereocenters. The third-order valence-electron chi connectivity index (χ3n) is 3.63. The molecular formula is C13H18N2O3. The number of rotatable bonds is 2. The van der Waals surface area contributed by atoms with E-state index in [1.807, 2.05) is 13.8 Å². The highest BCUT2D eigenvalue weighted by atomic mass is 16.5. The molecule has 1 aromatic heterocycles. The van der Waals surface area contributed by atoms with Crippen molar-refractivity contribution in [2.45, 2.75) is 33.1 Å². The molecule has 98 valence electrons. The summed E-state index contributed by atoms with van der Waals surface area (Å²) < 4.78 is 6.51. The lowest BCUT2D eigenvalue weighted by Crippen LogP contribution is -2.24. The highest BCUT2D eigenvalue weighted by Gasteiger charge is 2.36. The third-order valence-corrected chi connectivity index (χ3v) is 3.63. The molecule has 0 amide bonds. The van der Waals surface area contributed by atoms with Gasteiger partial charge in [-0.3, -0.25) is 9.48 Å². The maximum atomic E-state index is 12.0. The van der Waals surface area contributed by atoms with Crippen LogP contribution in [0.3, 0.4) is 0 Å². The lowest BCUT2D eigenvalue weighted by Gasteiger charge is -2.25. The van der Waals surface area contributed by atoms with Crippen LogP contribution in [-0.2, 0) is 11.8 Å². The van der Waals surface area contributed by atoms with E-state index in [4.69, 9.17) is 4.74 Å². The van der Waals surface area contributed by atoms with Crippen molar-refractivity contribution < 1.29 is 14.3 Å². The highest BCUT2D eigenvalue weighted by molar-refractivity contribution is 6.01. The van der Waals surface area contributed by atoms with Crippen molar-refractivity contribution in [3.8, 4) is 0 Å². The van der Waals surface area contributed by atoms with E-state index in [-0.39, 0.29) is 17.6 Å². The smallest absolute Gasteiger partial charge is 0.359 e. The van der Waals surface area contributed by atoms with E-state index in [2.05, 4.69) is 5.10 Å². The van der Waals surface area contributed by atoms with Crippen molar-refractivity contribution in [3.05, 3.63) is 17.0 Å². The van der Waals surface area contributed by atoms with Gasteiger partial charge < -0.3 is 4.74 Å². The summed E-state index contributed by atoms with van der Waals surface area (Å²) in [7, 11) is 1.70. The zero-order valence-corrected chi connectivity index (χ0v) is 11.2. The van der Waals surface area contributed by atoms with Crippen LogP contribution >= 0.6 is 0 Å². The Hall–Kier alpha value is -1.65. The molecular weight excluding hydrogens is 232 g/mol. The van der Waals surface area contributed by atoms with E-state index in [1.165, 1.54) is 4.68 Å². The Bertz CT molecular complexity index is 505. The summed E-state index contributed by atoms with van der Waals surface area (Å²) in [5.41, 5.74) is 1.60. The number of ether oxygens (including phenoxy) is 1. The molecule has 1 aliphatic carbocycles. The Labute approximate surface area is 106 Å². The molecule has 0 radical (unpaired) electrons. The van der Waals surface area contributed by atoms with Gasteiger partial charge in [0.25, 0.3) is 0 Å². The van der Waals surface area contributed by atoms with E-state index in [0.29, 0.717) is 24.4 Å². The molecule has 2 rings (SSSR count). The zero-order chi connectivity index (χ0) is 13.4. The number of Topliss-reactive ketones (excluding diaryl/α,β-unsaturated/α-hetero) is 1. The van der Waals surface area contributed by atoms with Crippen molar-refractivity contribution in [2.24, 2.45) is 13.0 Å². The second-order valence-electron chi connectivity index (χ2n) is 4.85. The molecule has 1 aliphatic rings. The fourth-order valence-electron chi connectivity index (χ4n) is 2.50. The van der Waals surface area contributed by atoms with Crippen molar-refractivity contribution in [1.82, 2.24) is 9.78 Å². The van der Waals surface area contributed by atoms with Gasteiger partial charge >= 0.3 is 5.97 Å². The molecule has 1 heterocycles. The molecule has 18 heavy (non-hydrogen) atoms. The molecule has 5 heteroatoms. The van der Waals surface area contributed by atoms with Gasteiger partial charge in [0.1, 0.15) is 5.69 Å². The molecule has 0 spiro atoms. The van der Waals surface area contributed by atoms with E-state index >= 15 is 0 Å². The summed E-state index contributed by atoms with van der Waals surface area (Å²) in [6, 6.07) is 0. The van der Waals surface area contributed by atoms with Crippen LogP contribution in [0.5, 0.6) is 0 Å². The number of hydrogen-bond acceptors (Lipinski definition) is 4. The van der Waals surface area contributed by atoms with Crippen molar-refractivity contribution >= 4 is 11.8 Å². The number of aromatic nitrogens is 2. The number of aryl methyl sites for hydroxylation is 1. The third kappa shape index (κ3) is 1.83. The first-order chi connectivity index (χ1) is 8.47. The minimum Gasteiger partial charge on any atom is -0.461 e. The Morgan fingerprint density at radius 2 is 2.17 bits per heavy atom. The SMILES string of the molecule is CCOC(=O)c1nn(C)c2c1C(C)C(C)CC2=O. The summed E-state index contributed by atoms with van der Waals surface area (Å²) in [4.78, 5) is 23.9. The second kappa shape index (κ2) is 4.55. The lowest BCUT2D eigenvalue weighted by molar-refractivity contribution is 0.0516. The molecule has 5 nitrogen and oxygen atoms in total. The predicted molar refractivity (Wildman–Crippen MR) is 65.7 cm³/mol. The molecule has 0 N–H and O–H groups in total. The van der Waals surface area contributed by atoms with E-state index < -0.39 is 5.97 Å². The molecule has 1 aromatic rings. The maximum Gasteiger partial charge on any atom is 0.359 e. The van der Waals surface area contributed by atoms with Crippen molar-refractivity contribution in [2.75, 3.05) is 6.61 Å². The topological polar surface area (TPSA) is 61.2 Å². The number of esters is 1. The first-order valence-electron chi connectivity index (χ1n) is 6.24. The quantitative estimate of drug-likeness (QED) is 0.752. The molecule has 0 fully saturated rings. The van der Waals surface area contributed by atoms with Gasteiger partial charge in [-0.25, -0.2) is 4.79 Å². The summed E-state index contributed by atoms with van der Waals surface area (Å²) in [5, 5.41) is 4.17. The highest BCUT2D eigenvalue weighted by Crippen LogP contribution is 2.37. The first-order valence-corrected chi connectivity index (χ1v) is 6.24. The van der Waals surface area contributed by atoms with Crippen LogP contribution in [-0.4, -0.2) is 28.1 Å². The minimum absolute atomic E-state index is 0.0566. The number of carbonyl (C=O) groups is 2. The average Bonchev–Trinajstić information content (AvgIpc) is 2.65. The largest absolute Gasteiger partial charge is 0.461 e. The normalized spacial score (nSPS) is 22.8. The van der Waals surface area contributed by atoms with Gasteiger partial charge in [0.15, 0.2) is 11.5 Å². The van der Waals surface area contributed by atoms with E-state index in [1.54, 1.807) is 14.0 Å². The number of carbonyl (C=O) groups excluding carboxylic acids is 2. The van der Waals surface area contributed by atoms with Crippen LogP contribution in [0.25, 0.3) is 0 Å². The van der Waals surface area contributed by atoms with Crippen LogP contribution in [0.4, 0.5) is 0 Å². The zero-order valence-electron chi connectivity index (χ0n) is 11.2. The first kappa shape index (κ1) is 12.8. The maximum absolute atomic E-state index is 12.0. The van der Waals surface area contributed by atoms with Crippen molar-refractivity contribution in [1.29, 1.82) is 0 Å².